The van der Waals surface area contributed by atoms with E-state index in [0.29, 0.717) is 5.92 Å². The zero-order chi connectivity index (χ0) is 11.5. The molecule has 88 valence electrons. The summed E-state index contributed by atoms with van der Waals surface area (Å²) in [5.41, 5.74) is 8.74. The Morgan fingerprint density at radius 3 is 2.94 bits per heavy atom. The van der Waals surface area contributed by atoms with E-state index >= 15 is 0 Å². The first kappa shape index (κ1) is 12.1. The standard InChI is InChI=1S/C13H18BrNO/c1-9-4-5-10(7-12(9)14)13(15)11-3-2-6-16-8-11/h4-5,7,11,13H,2-3,6,8,15H2,1H3. The highest BCUT2D eigenvalue weighted by atomic mass is 79.9. The van der Waals surface area contributed by atoms with Crippen molar-refractivity contribution in [1.29, 1.82) is 0 Å². The molecule has 0 aliphatic carbocycles. The third kappa shape index (κ3) is 2.65. The molecule has 1 aliphatic rings. The van der Waals surface area contributed by atoms with Crippen molar-refractivity contribution in [2.24, 2.45) is 11.7 Å². The lowest BCUT2D eigenvalue weighted by molar-refractivity contribution is 0.0447. The molecular formula is C13H18BrNO. The van der Waals surface area contributed by atoms with Gasteiger partial charge in [-0.3, -0.25) is 0 Å². The topological polar surface area (TPSA) is 35.2 Å². The molecule has 1 aromatic carbocycles. The fourth-order valence-corrected chi connectivity index (χ4v) is 2.53. The summed E-state index contributed by atoms with van der Waals surface area (Å²) in [4.78, 5) is 0. The van der Waals surface area contributed by atoms with E-state index in [9.17, 15) is 0 Å². The zero-order valence-corrected chi connectivity index (χ0v) is 11.2. The predicted octanol–water partition coefficient (Wildman–Crippen LogP) is 3.18. The molecule has 1 saturated heterocycles. The molecule has 3 heteroatoms. The summed E-state index contributed by atoms with van der Waals surface area (Å²) < 4.78 is 6.62. The average Bonchev–Trinajstić information content (AvgIpc) is 2.33. The maximum absolute atomic E-state index is 6.29. The SMILES string of the molecule is Cc1ccc(C(N)C2CCCOC2)cc1Br. The highest BCUT2D eigenvalue weighted by Crippen LogP contribution is 2.29. The minimum absolute atomic E-state index is 0.0946. The van der Waals surface area contributed by atoms with Crippen molar-refractivity contribution in [2.45, 2.75) is 25.8 Å². The van der Waals surface area contributed by atoms with Gasteiger partial charge in [-0.05, 0) is 37.0 Å². The van der Waals surface area contributed by atoms with E-state index in [1.165, 1.54) is 17.5 Å². The van der Waals surface area contributed by atoms with Gasteiger partial charge in [-0.15, -0.1) is 0 Å². The van der Waals surface area contributed by atoms with E-state index < -0.39 is 0 Å². The molecule has 0 amide bonds. The van der Waals surface area contributed by atoms with Crippen LogP contribution in [0.15, 0.2) is 22.7 Å². The van der Waals surface area contributed by atoms with Gasteiger partial charge < -0.3 is 10.5 Å². The molecule has 2 unspecified atom stereocenters. The van der Waals surface area contributed by atoms with Gasteiger partial charge in [0.15, 0.2) is 0 Å². The predicted molar refractivity (Wildman–Crippen MR) is 69.4 cm³/mol. The summed E-state index contributed by atoms with van der Waals surface area (Å²) in [6.45, 7) is 3.77. The maximum Gasteiger partial charge on any atom is 0.0512 e. The first-order chi connectivity index (χ1) is 7.68. The molecular weight excluding hydrogens is 266 g/mol. The molecule has 16 heavy (non-hydrogen) atoms. The molecule has 0 bridgehead atoms. The van der Waals surface area contributed by atoms with Gasteiger partial charge in [0.05, 0.1) is 6.61 Å². The molecule has 1 aliphatic heterocycles. The highest BCUT2D eigenvalue weighted by molar-refractivity contribution is 9.10. The number of rotatable bonds is 2. The second kappa shape index (κ2) is 5.30. The van der Waals surface area contributed by atoms with Gasteiger partial charge >= 0.3 is 0 Å². The fourth-order valence-electron chi connectivity index (χ4n) is 2.14. The fraction of sp³-hybridized carbons (Fsp3) is 0.538. The van der Waals surface area contributed by atoms with Crippen LogP contribution in [-0.4, -0.2) is 13.2 Å². The lowest BCUT2D eigenvalue weighted by atomic mass is 9.89. The molecule has 1 fully saturated rings. The van der Waals surface area contributed by atoms with Crippen molar-refractivity contribution in [3.8, 4) is 0 Å². The third-order valence-electron chi connectivity index (χ3n) is 3.28. The van der Waals surface area contributed by atoms with Gasteiger partial charge in [0, 0.05) is 23.0 Å². The summed E-state index contributed by atoms with van der Waals surface area (Å²) in [5.74, 6) is 0.461. The Bertz CT molecular complexity index is 361. The van der Waals surface area contributed by atoms with Crippen LogP contribution < -0.4 is 5.73 Å². The van der Waals surface area contributed by atoms with Gasteiger partial charge in [0.25, 0.3) is 0 Å². The molecule has 1 aromatic rings. The molecule has 2 N–H and O–H groups in total. The van der Waals surface area contributed by atoms with Crippen LogP contribution in [0.3, 0.4) is 0 Å². The van der Waals surface area contributed by atoms with E-state index in [4.69, 9.17) is 10.5 Å². The monoisotopic (exact) mass is 283 g/mol. The van der Waals surface area contributed by atoms with Crippen LogP contribution >= 0.6 is 15.9 Å². The second-order valence-corrected chi connectivity index (χ2v) is 5.37. The number of hydrogen-bond donors (Lipinski definition) is 1. The molecule has 2 rings (SSSR count). The number of halogens is 1. The summed E-state index contributed by atoms with van der Waals surface area (Å²) in [7, 11) is 0. The second-order valence-electron chi connectivity index (χ2n) is 4.51. The number of hydrogen-bond acceptors (Lipinski definition) is 2. The Kier molecular flexibility index (Phi) is 4.00. The molecule has 0 spiro atoms. The van der Waals surface area contributed by atoms with Crippen molar-refractivity contribution in [3.63, 3.8) is 0 Å². The Hall–Kier alpha value is -0.380. The van der Waals surface area contributed by atoms with E-state index in [2.05, 4.69) is 41.1 Å². The minimum atomic E-state index is 0.0946. The van der Waals surface area contributed by atoms with E-state index in [0.717, 1.165) is 24.1 Å². The summed E-state index contributed by atoms with van der Waals surface area (Å²) in [6, 6.07) is 6.47. The van der Waals surface area contributed by atoms with Crippen LogP contribution in [0, 0.1) is 12.8 Å². The van der Waals surface area contributed by atoms with Crippen molar-refractivity contribution < 1.29 is 4.74 Å². The highest BCUT2D eigenvalue weighted by Gasteiger charge is 2.22. The maximum atomic E-state index is 6.29. The smallest absolute Gasteiger partial charge is 0.0512 e. The Balaban J connectivity index is 2.12. The van der Waals surface area contributed by atoms with Crippen LogP contribution in [0.4, 0.5) is 0 Å². The largest absolute Gasteiger partial charge is 0.381 e. The molecule has 1 heterocycles. The van der Waals surface area contributed by atoms with Crippen molar-refractivity contribution in [1.82, 2.24) is 0 Å². The van der Waals surface area contributed by atoms with Crippen molar-refractivity contribution >= 4 is 15.9 Å². The van der Waals surface area contributed by atoms with E-state index in [1.807, 2.05) is 0 Å². The lowest BCUT2D eigenvalue weighted by Crippen LogP contribution is -2.29. The first-order valence-corrected chi connectivity index (χ1v) is 6.57. The summed E-state index contributed by atoms with van der Waals surface area (Å²) >= 11 is 3.55. The number of benzene rings is 1. The molecule has 2 atom stereocenters. The quantitative estimate of drug-likeness (QED) is 0.905. The Labute approximate surface area is 105 Å². The van der Waals surface area contributed by atoms with Crippen molar-refractivity contribution in [2.75, 3.05) is 13.2 Å². The van der Waals surface area contributed by atoms with Gasteiger partial charge in [0.1, 0.15) is 0 Å². The van der Waals surface area contributed by atoms with E-state index in [1.54, 1.807) is 0 Å². The molecule has 0 aromatic heterocycles. The first-order valence-electron chi connectivity index (χ1n) is 5.78. The Morgan fingerprint density at radius 2 is 2.31 bits per heavy atom. The van der Waals surface area contributed by atoms with E-state index in [-0.39, 0.29) is 6.04 Å². The van der Waals surface area contributed by atoms with Gasteiger partial charge in [-0.1, -0.05) is 28.1 Å². The average molecular weight is 284 g/mol. The third-order valence-corrected chi connectivity index (χ3v) is 4.14. The normalized spacial score (nSPS) is 23.1. The number of ether oxygens (including phenoxy) is 1. The van der Waals surface area contributed by atoms with Crippen LogP contribution in [0.25, 0.3) is 0 Å². The summed E-state index contributed by atoms with van der Waals surface area (Å²) in [6.07, 6.45) is 2.30. The lowest BCUT2D eigenvalue weighted by Gasteiger charge is -2.28. The molecule has 0 saturated carbocycles. The van der Waals surface area contributed by atoms with Gasteiger partial charge in [-0.25, -0.2) is 0 Å². The number of aryl methyl sites for hydroxylation is 1. The number of nitrogens with two attached hydrogens (primary N) is 1. The molecule has 0 radical (unpaired) electrons. The van der Waals surface area contributed by atoms with Crippen molar-refractivity contribution in [3.05, 3.63) is 33.8 Å². The van der Waals surface area contributed by atoms with Gasteiger partial charge in [-0.2, -0.15) is 0 Å². The minimum Gasteiger partial charge on any atom is -0.381 e. The molecule has 2 nitrogen and oxygen atoms in total. The Morgan fingerprint density at radius 1 is 1.50 bits per heavy atom. The zero-order valence-electron chi connectivity index (χ0n) is 9.58. The van der Waals surface area contributed by atoms with Crippen LogP contribution in [0.1, 0.15) is 30.0 Å². The van der Waals surface area contributed by atoms with Crippen LogP contribution in [0.2, 0.25) is 0 Å². The van der Waals surface area contributed by atoms with Crippen LogP contribution in [0.5, 0.6) is 0 Å². The van der Waals surface area contributed by atoms with Crippen LogP contribution in [-0.2, 0) is 4.74 Å². The summed E-state index contributed by atoms with van der Waals surface area (Å²) in [5, 5.41) is 0. The van der Waals surface area contributed by atoms with Gasteiger partial charge in [0.2, 0.25) is 0 Å².